The van der Waals surface area contributed by atoms with Gasteiger partial charge in [0.1, 0.15) is 5.75 Å². The van der Waals surface area contributed by atoms with Crippen LogP contribution in [-0.4, -0.2) is 31.1 Å². The molecule has 0 fully saturated rings. The van der Waals surface area contributed by atoms with Crippen LogP contribution in [0.25, 0.3) is 0 Å². The van der Waals surface area contributed by atoms with Crippen LogP contribution >= 0.6 is 11.8 Å². The van der Waals surface area contributed by atoms with Gasteiger partial charge in [-0.15, -0.1) is 0 Å². The molecule has 106 valence electrons. The highest BCUT2D eigenvalue weighted by atomic mass is 32.2. The number of carbonyl (C=O) groups excluding carboxylic acids is 1. The van der Waals surface area contributed by atoms with Crippen molar-refractivity contribution in [2.45, 2.75) is 25.9 Å². The summed E-state index contributed by atoms with van der Waals surface area (Å²) in [5.41, 5.74) is 7.89. The predicted octanol–water partition coefficient (Wildman–Crippen LogP) is 1.70. The van der Waals surface area contributed by atoms with E-state index in [1.165, 1.54) is 0 Å². The first-order valence-electron chi connectivity index (χ1n) is 6.24. The van der Waals surface area contributed by atoms with Gasteiger partial charge in [0.25, 0.3) is 0 Å². The maximum Gasteiger partial charge on any atom is 0.237 e. The number of carbonyl (C=O) groups is 1. The van der Waals surface area contributed by atoms with E-state index in [1.807, 2.05) is 31.4 Å². The van der Waals surface area contributed by atoms with Crippen molar-refractivity contribution in [2.75, 3.05) is 19.1 Å². The van der Waals surface area contributed by atoms with Crippen LogP contribution in [0, 0.1) is 6.92 Å². The number of rotatable bonds is 7. The molecule has 1 aromatic rings. The highest BCUT2D eigenvalue weighted by molar-refractivity contribution is 7.98. The Morgan fingerprint density at radius 2 is 2.26 bits per heavy atom. The van der Waals surface area contributed by atoms with Gasteiger partial charge in [0.2, 0.25) is 5.91 Å². The summed E-state index contributed by atoms with van der Waals surface area (Å²) in [5, 5.41) is 2.85. The van der Waals surface area contributed by atoms with Crippen molar-refractivity contribution in [3.63, 3.8) is 0 Å². The number of ether oxygens (including phenoxy) is 1. The Morgan fingerprint density at radius 3 is 2.89 bits per heavy atom. The van der Waals surface area contributed by atoms with Crippen LogP contribution in [0.5, 0.6) is 5.75 Å². The zero-order valence-corrected chi connectivity index (χ0v) is 12.5. The lowest BCUT2D eigenvalue weighted by molar-refractivity contribution is -0.122. The Bertz CT molecular complexity index is 424. The van der Waals surface area contributed by atoms with E-state index in [4.69, 9.17) is 10.5 Å². The molecule has 0 aromatic heterocycles. The molecule has 0 aliphatic carbocycles. The van der Waals surface area contributed by atoms with Gasteiger partial charge in [0.05, 0.1) is 13.2 Å². The monoisotopic (exact) mass is 282 g/mol. The van der Waals surface area contributed by atoms with Crippen LogP contribution in [-0.2, 0) is 11.3 Å². The van der Waals surface area contributed by atoms with Gasteiger partial charge in [-0.1, -0.05) is 12.1 Å². The Labute approximate surface area is 119 Å². The molecule has 0 aliphatic rings. The van der Waals surface area contributed by atoms with E-state index in [2.05, 4.69) is 5.32 Å². The number of hydrogen-bond acceptors (Lipinski definition) is 4. The smallest absolute Gasteiger partial charge is 0.237 e. The topological polar surface area (TPSA) is 64.3 Å². The molecule has 0 radical (unpaired) electrons. The lowest BCUT2D eigenvalue weighted by atomic mass is 10.1. The predicted molar refractivity (Wildman–Crippen MR) is 80.6 cm³/mol. The largest absolute Gasteiger partial charge is 0.496 e. The molecule has 0 saturated carbocycles. The van der Waals surface area contributed by atoms with E-state index in [1.54, 1.807) is 18.9 Å². The molecule has 1 rings (SSSR count). The first-order valence-corrected chi connectivity index (χ1v) is 7.63. The van der Waals surface area contributed by atoms with Gasteiger partial charge < -0.3 is 15.8 Å². The van der Waals surface area contributed by atoms with Crippen molar-refractivity contribution < 1.29 is 9.53 Å². The molecule has 5 heteroatoms. The summed E-state index contributed by atoms with van der Waals surface area (Å²) in [6.07, 6.45) is 2.69. The van der Waals surface area contributed by atoms with E-state index in [9.17, 15) is 4.79 Å². The maximum absolute atomic E-state index is 11.8. The second kappa shape index (κ2) is 8.07. The minimum atomic E-state index is -0.441. The molecule has 0 unspecified atom stereocenters. The van der Waals surface area contributed by atoms with E-state index >= 15 is 0 Å². The maximum atomic E-state index is 11.8. The molecule has 19 heavy (non-hydrogen) atoms. The standard InChI is InChI=1S/C14H22N2O2S/c1-10-4-5-11(13(8-10)18-2)9-16-14(17)12(15)6-7-19-3/h4-5,8,12H,6-7,9,15H2,1-3H3,(H,16,17)/t12-/m0/s1. The van der Waals surface area contributed by atoms with Crippen molar-refractivity contribution in [1.29, 1.82) is 0 Å². The molecule has 1 aromatic carbocycles. The van der Waals surface area contributed by atoms with Crippen molar-refractivity contribution in [3.05, 3.63) is 29.3 Å². The number of amides is 1. The van der Waals surface area contributed by atoms with E-state index in [0.29, 0.717) is 13.0 Å². The Balaban J connectivity index is 2.54. The minimum Gasteiger partial charge on any atom is -0.496 e. The van der Waals surface area contributed by atoms with Crippen molar-refractivity contribution in [1.82, 2.24) is 5.32 Å². The van der Waals surface area contributed by atoms with Crippen molar-refractivity contribution >= 4 is 17.7 Å². The molecule has 0 aliphatic heterocycles. The van der Waals surface area contributed by atoms with E-state index in [0.717, 1.165) is 22.6 Å². The van der Waals surface area contributed by atoms with Crippen LogP contribution in [0.2, 0.25) is 0 Å². The number of nitrogens with one attached hydrogen (secondary N) is 1. The molecule has 0 saturated heterocycles. The minimum absolute atomic E-state index is 0.114. The molecule has 1 atom stereocenters. The lowest BCUT2D eigenvalue weighted by Crippen LogP contribution is -2.40. The number of aryl methyl sites for hydroxylation is 1. The first-order chi connectivity index (χ1) is 9.08. The Hall–Kier alpha value is -1.20. The number of benzene rings is 1. The van der Waals surface area contributed by atoms with E-state index in [-0.39, 0.29) is 5.91 Å². The lowest BCUT2D eigenvalue weighted by Gasteiger charge is -2.13. The fourth-order valence-corrected chi connectivity index (χ4v) is 2.18. The van der Waals surface area contributed by atoms with Crippen molar-refractivity contribution in [3.8, 4) is 5.75 Å². The zero-order valence-electron chi connectivity index (χ0n) is 11.7. The highest BCUT2D eigenvalue weighted by Gasteiger charge is 2.13. The molecule has 1 amide bonds. The average Bonchev–Trinajstić information content (AvgIpc) is 2.42. The number of thioether (sulfide) groups is 1. The Morgan fingerprint density at radius 1 is 1.53 bits per heavy atom. The SMILES string of the molecule is COc1cc(C)ccc1CNC(=O)[C@@H](N)CCSC. The summed E-state index contributed by atoms with van der Waals surface area (Å²) >= 11 is 1.69. The number of methoxy groups -OCH3 is 1. The van der Waals surface area contributed by atoms with Crippen LogP contribution < -0.4 is 15.8 Å². The molecule has 0 heterocycles. The second-order valence-electron chi connectivity index (χ2n) is 4.42. The number of hydrogen-bond donors (Lipinski definition) is 2. The summed E-state index contributed by atoms with van der Waals surface area (Å²) < 4.78 is 5.30. The molecular formula is C14H22N2O2S. The third-order valence-corrected chi connectivity index (χ3v) is 3.51. The van der Waals surface area contributed by atoms with Gasteiger partial charge in [-0.05, 0) is 37.0 Å². The van der Waals surface area contributed by atoms with Gasteiger partial charge in [-0.3, -0.25) is 4.79 Å². The summed E-state index contributed by atoms with van der Waals surface area (Å²) in [5.74, 6) is 1.57. The molecule has 0 spiro atoms. The van der Waals surface area contributed by atoms with Crippen LogP contribution in [0.1, 0.15) is 17.5 Å². The van der Waals surface area contributed by atoms with Crippen LogP contribution in [0.3, 0.4) is 0 Å². The van der Waals surface area contributed by atoms with Gasteiger partial charge in [0.15, 0.2) is 0 Å². The molecular weight excluding hydrogens is 260 g/mol. The summed E-state index contributed by atoms with van der Waals surface area (Å²) in [6, 6.07) is 5.47. The summed E-state index contributed by atoms with van der Waals surface area (Å²) in [7, 11) is 1.63. The normalized spacial score (nSPS) is 12.0. The number of nitrogens with two attached hydrogens (primary N) is 1. The van der Waals surface area contributed by atoms with Gasteiger partial charge in [-0.25, -0.2) is 0 Å². The third-order valence-electron chi connectivity index (χ3n) is 2.87. The molecule has 3 N–H and O–H groups in total. The van der Waals surface area contributed by atoms with Gasteiger partial charge >= 0.3 is 0 Å². The Kier molecular flexibility index (Phi) is 6.73. The van der Waals surface area contributed by atoms with E-state index < -0.39 is 6.04 Å². The third kappa shape index (κ3) is 5.12. The highest BCUT2D eigenvalue weighted by Crippen LogP contribution is 2.19. The van der Waals surface area contributed by atoms with Crippen LogP contribution in [0.15, 0.2) is 18.2 Å². The van der Waals surface area contributed by atoms with Gasteiger partial charge in [0, 0.05) is 12.1 Å². The average molecular weight is 282 g/mol. The molecule has 4 nitrogen and oxygen atoms in total. The summed E-state index contributed by atoms with van der Waals surface area (Å²) in [4.78, 5) is 11.8. The first kappa shape index (κ1) is 15.9. The fraction of sp³-hybridized carbons (Fsp3) is 0.500. The van der Waals surface area contributed by atoms with Crippen molar-refractivity contribution in [2.24, 2.45) is 5.73 Å². The van der Waals surface area contributed by atoms with Crippen LogP contribution in [0.4, 0.5) is 0 Å². The van der Waals surface area contributed by atoms with Gasteiger partial charge in [-0.2, -0.15) is 11.8 Å². The fourth-order valence-electron chi connectivity index (χ4n) is 1.69. The zero-order chi connectivity index (χ0) is 14.3. The second-order valence-corrected chi connectivity index (χ2v) is 5.41. The quantitative estimate of drug-likeness (QED) is 0.799. The summed E-state index contributed by atoms with van der Waals surface area (Å²) in [6.45, 7) is 2.44. The molecule has 0 bridgehead atoms.